The number of amides is 2. The molecule has 1 aromatic rings. The van der Waals surface area contributed by atoms with E-state index in [1.54, 1.807) is 0 Å². The molecule has 2 heterocycles. The van der Waals surface area contributed by atoms with E-state index in [9.17, 15) is 9.59 Å². The lowest BCUT2D eigenvalue weighted by molar-refractivity contribution is -0.141. The molecule has 2 unspecified atom stereocenters. The van der Waals surface area contributed by atoms with Gasteiger partial charge < -0.3 is 5.11 Å². The van der Waals surface area contributed by atoms with Crippen LogP contribution in [-0.4, -0.2) is 49.4 Å². The molecule has 9 heteroatoms. The van der Waals surface area contributed by atoms with Crippen molar-refractivity contribution in [3.05, 3.63) is 5.51 Å². The molecule has 0 bridgehead atoms. The summed E-state index contributed by atoms with van der Waals surface area (Å²) in [6, 6.07) is -1.22. The molecule has 98 valence electrons. The van der Waals surface area contributed by atoms with E-state index in [-0.39, 0.29) is 5.37 Å². The van der Waals surface area contributed by atoms with Crippen molar-refractivity contribution in [3.63, 3.8) is 0 Å². The predicted molar refractivity (Wildman–Crippen MR) is 68.7 cm³/mol. The van der Waals surface area contributed by atoms with Crippen molar-refractivity contribution in [1.82, 2.24) is 15.1 Å². The zero-order chi connectivity index (χ0) is 13.1. The number of aliphatic carboxylic acids is 1. The zero-order valence-electron chi connectivity index (χ0n) is 9.57. The van der Waals surface area contributed by atoms with Gasteiger partial charge >= 0.3 is 12.0 Å². The fourth-order valence-corrected chi connectivity index (χ4v) is 3.51. The molecular formula is C9H12N4O3S2. The van der Waals surface area contributed by atoms with Gasteiger partial charge in [-0.3, -0.25) is 10.2 Å². The van der Waals surface area contributed by atoms with Gasteiger partial charge in [0.1, 0.15) is 11.6 Å². The number of thioether (sulfide) groups is 1. The third kappa shape index (κ3) is 2.56. The van der Waals surface area contributed by atoms with Crippen LogP contribution in [0.25, 0.3) is 0 Å². The second kappa shape index (κ2) is 5.53. The molecule has 2 rings (SSSR count). The van der Waals surface area contributed by atoms with Crippen LogP contribution in [-0.2, 0) is 4.79 Å². The first-order chi connectivity index (χ1) is 8.63. The van der Waals surface area contributed by atoms with Crippen molar-refractivity contribution in [2.75, 3.05) is 11.1 Å². The molecular weight excluding hydrogens is 276 g/mol. The minimum atomic E-state index is -0.981. The number of carbonyl (C=O) groups is 2. The molecule has 18 heavy (non-hydrogen) atoms. The lowest BCUT2D eigenvalue weighted by Crippen LogP contribution is -2.47. The molecule has 0 aromatic carbocycles. The molecule has 0 saturated carbocycles. The van der Waals surface area contributed by atoms with Gasteiger partial charge in [0, 0.05) is 5.75 Å². The Balaban J connectivity index is 2.11. The van der Waals surface area contributed by atoms with E-state index in [2.05, 4.69) is 15.5 Å². The van der Waals surface area contributed by atoms with Crippen molar-refractivity contribution < 1.29 is 14.7 Å². The van der Waals surface area contributed by atoms with Crippen LogP contribution < -0.4 is 5.32 Å². The fourth-order valence-electron chi connectivity index (χ4n) is 1.72. The third-order valence-electron chi connectivity index (χ3n) is 2.54. The lowest BCUT2D eigenvalue weighted by atomic mass is 10.3. The van der Waals surface area contributed by atoms with Crippen LogP contribution in [0.3, 0.4) is 0 Å². The number of aromatic nitrogens is 2. The smallest absolute Gasteiger partial charge is 0.327 e. The second-order valence-electron chi connectivity index (χ2n) is 3.63. The molecule has 1 saturated heterocycles. The number of carboxylic acid groups (broad SMARTS) is 1. The van der Waals surface area contributed by atoms with Gasteiger partial charge in [0.05, 0.1) is 5.37 Å². The normalized spacial score (nSPS) is 23.1. The summed E-state index contributed by atoms with van der Waals surface area (Å²) in [5.74, 6) is -0.567. The third-order valence-corrected chi connectivity index (χ3v) is 4.60. The highest BCUT2D eigenvalue weighted by Crippen LogP contribution is 2.31. The minimum Gasteiger partial charge on any atom is -0.480 e. The van der Waals surface area contributed by atoms with Crippen LogP contribution in [0.4, 0.5) is 9.93 Å². The topological polar surface area (TPSA) is 95.4 Å². The molecule has 2 amide bonds. The average molecular weight is 288 g/mol. The van der Waals surface area contributed by atoms with E-state index < -0.39 is 18.0 Å². The summed E-state index contributed by atoms with van der Waals surface area (Å²) in [5, 5.41) is 19.3. The summed E-state index contributed by atoms with van der Waals surface area (Å²) >= 11 is 2.67. The Bertz CT molecular complexity index is 439. The van der Waals surface area contributed by atoms with Crippen LogP contribution in [0.2, 0.25) is 0 Å². The molecule has 1 aromatic heterocycles. The van der Waals surface area contributed by atoms with Crippen LogP contribution in [0, 0.1) is 0 Å². The monoisotopic (exact) mass is 288 g/mol. The highest BCUT2D eigenvalue weighted by Gasteiger charge is 2.41. The first-order valence-electron chi connectivity index (χ1n) is 5.33. The highest BCUT2D eigenvalue weighted by atomic mass is 32.2. The number of nitrogens with one attached hydrogen (secondary N) is 1. The van der Waals surface area contributed by atoms with Gasteiger partial charge in [0.15, 0.2) is 0 Å². The van der Waals surface area contributed by atoms with Gasteiger partial charge in [-0.15, -0.1) is 22.0 Å². The fraction of sp³-hybridized carbons (Fsp3) is 0.556. The summed E-state index contributed by atoms with van der Waals surface area (Å²) in [6.45, 7) is 1.92. The van der Waals surface area contributed by atoms with Gasteiger partial charge in [-0.1, -0.05) is 18.3 Å². The number of rotatable bonds is 3. The lowest BCUT2D eigenvalue weighted by Gasteiger charge is -2.26. The Kier molecular flexibility index (Phi) is 4.02. The molecule has 1 aliphatic heterocycles. The van der Waals surface area contributed by atoms with Crippen LogP contribution in [0.15, 0.2) is 5.51 Å². The maximum atomic E-state index is 12.1. The Hall–Kier alpha value is -1.35. The number of carboxylic acids is 1. The Morgan fingerprint density at radius 3 is 3.00 bits per heavy atom. The molecule has 0 radical (unpaired) electrons. The predicted octanol–water partition coefficient (Wildman–Crippen LogP) is 1.31. The SMILES string of the molecule is CCC1SCC(C(=O)O)N1C(=O)Nc1nncs1. The first-order valence-corrected chi connectivity index (χ1v) is 7.26. The van der Waals surface area contributed by atoms with Crippen molar-refractivity contribution >= 4 is 40.2 Å². The summed E-state index contributed by atoms with van der Waals surface area (Å²) in [4.78, 5) is 24.6. The average Bonchev–Trinajstić information content (AvgIpc) is 2.95. The molecule has 1 aliphatic rings. The van der Waals surface area contributed by atoms with Gasteiger partial charge in [0.2, 0.25) is 5.13 Å². The molecule has 0 aliphatic carbocycles. The molecule has 1 fully saturated rings. The summed E-state index contributed by atoms with van der Waals surface area (Å²) < 4.78 is 0. The van der Waals surface area contributed by atoms with Crippen molar-refractivity contribution in [1.29, 1.82) is 0 Å². The van der Waals surface area contributed by atoms with Crippen molar-refractivity contribution in [3.8, 4) is 0 Å². The Morgan fingerprint density at radius 2 is 2.44 bits per heavy atom. The second-order valence-corrected chi connectivity index (χ2v) is 5.68. The zero-order valence-corrected chi connectivity index (χ0v) is 11.2. The summed E-state index contributed by atoms with van der Waals surface area (Å²) in [6.07, 6.45) is 0.706. The number of anilines is 1. The molecule has 7 nitrogen and oxygen atoms in total. The number of hydrogen-bond acceptors (Lipinski definition) is 6. The molecule has 2 N–H and O–H groups in total. The van der Waals surface area contributed by atoms with E-state index >= 15 is 0 Å². The maximum absolute atomic E-state index is 12.1. The maximum Gasteiger partial charge on any atom is 0.327 e. The summed E-state index contributed by atoms with van der Waals surface area (Å²) in [7, 11) is 0. The Labute approximate surface area is 112 Å². The van der Waals surface area contributed by atoms with E-state index in [1.807, 2.05) is 6.92 Å². The quantitative estimate of drug-likeness (QED) is 0.870. The highest BCUT2D eigenvalue weighted by molar-refractivity contribution is 8.00. The van der Waals surface area contributed by atoms with Gasteiger partial charge in [-0.25, -0.2) is 9.59 Å². The molecule has 2 atom stereocenters. The van der Waals surface area contributed by atoms with Crippen LogP contribution in [0.5, 0.6) is 0 Å². The van der Waals surface area contributed by atoms with E-state index in [1.165, 1.54) is 33.5 Å². The van der Waals surface area contributed by atoms with Crippen LogP contribution in [0.1, 0.15) is 13.3 Å². The molecule has 0 spiro atoms. The number of carbonyl (C=O) groups excluding carboxylic acids is 1. The van der Waals surface area contributed by atoms with Crippen molar-refractivity contribution in [2.45, 2.75) is 24.8 Å². The first kappa shape index (κ1) is 13.1. The minimum absolute atomic E-state index is 0.112. The number of hydrogen-bond donors (Lipinski definition) is 2. The number of urea groups is 1. The standard InChI is InChI=1S/C9H12N4O3S2/c1-2-6-13(5(3-17-6)7(14)15)9(16)11-8-12-10-4-18-8/h4-6H,2-3H2,1H3,(H,14,15)(H,11,12,16). The number of nitrogens with zero attached hydrogens (tertiary/aromatic N) is 3. The van der Waals surface area contributed by atoms with Gasteiger partial charge in [-0.05, 0) is 6.42 Å². The Morgan fingerprint density at radius 1 is 1.67 bits per heavy atom. The van der Waals surface area contributed by atoms with Gasteiger partial charge in [0.25, 0.3) is 0 Å². The largest absolute Gasteiger partial charge is 0.480 e. The van der Waals surface area contributed by atoms with Crippen LogP contribution >= 0.6 is 23.1 Å². The summed E-state index contributed by atoms with van der Waals surface area (Å²) in [5.41, 5.74) is 1.50. The van der Waals surface area contributed by atoms with E-state index in [0.29, 0.717) is 17.3 Å². The van der Waals surface area contributed by atoms with Gasteiger partial charge in [-0.2, -0.15) is 0 Å². The van der Waals surface area contributed by atoms with Crippen molar-refractivity contribution in [2.24, 2.45) is 0 Å². The van der Waals surface area contributed by atoms with E-state index in [0.717, 1.165) is 0 Å². The van der Waals surface area contributed by atoms with E-state index in [4.69, 9.17) is 5.11 Å².